The highest BCUT2D eigenvalue weighted by molar-refractivity contribution is 7.80. The van der Waals surface area contributed by atoms with Crippen LogP contribution in [0, 0.1) is 0 Å². The van der Waals surface area contributed by atoms with Gasteiger partial charge in [0, 0.05) is 38.6 Å². The van der Waals surface area contributed by atoms with Gasteiger partial charge in [-0.15, -0.1) is 0 Å². The van der Waals surface area contributed by atoms with Crippen LogP contribution in [0.5, 0.6) is 0 Å². The lowest BCUT2D eigenvalue weighted by atomic mass is 10.1. The van der Waals surface area contributed by atoms with Crippen molar-refractivity contribution >= 4 is 22.9 Å². The van der Waals surface area contributed by atoms with Gasteiger partial charge in [-0.3, -0.25) is 0 Å². The topological polar surface area (TPSA) is 47.7 Å². The van der Waals surface area contributed by atoms with Crippen LogP contribution in [-0.2, 0) is 9.47 Å². The van der Waals surface area contributed by atoms with Crippen LogP contribution in [0.3, 0.4) is 0 Å². The van der Waals surface area contributed by atoms with Crippen molar-refractivity contribution < 1.29 is 9.47 Å². The molecule has 0 aliphatic rings. The highest BCUT2D eigenvalue weighted by atomic mass is 32.1. The van der Waals surface area contributed by atoms with Gasteiger partial charge in [-0.1, -0.05) is 24.4 Å². The molecule has 0 saturated heterocycles. The molecule has 1 aromatic carbocycles. The molecule has 0 atom stereocenters. The molecule has 0 heterocycles. The zero-order valence-corrected chi connectivity index (χ0v) is 11.7. The van der Waals surface area contributed by atoms with E-state index in [9.17, 15) is 0 Å². The lowest BCUT2D eigenvalue weighted by Gasteiger charge is -2.26. The van der Waals surface area contributed by atoms with Crippen molar-refractivity contribution in [2.45, 2.75) is 0 Å². The summed E-state index contributed by atoms with van der Waals surface area (Å²) in [5, 5.41) is 0. The Bertz CT molecular complexity index is 377. The standard InChI is InChI=1S/C13H20N2O2S/c1-16-9-7-15(8-10-17-2)12-6-4-3-5-11(12)13(14)18/h3-6H,7-10H2,1-2H3,(H2,14,18). The van der Waals surface area contributed by atoms with Gasteiger partial charge >= 0.3 is 0 Å². The first-order chi connectivity index (χ1) is 8.70. The third-order valence-corrected chi connectivity index (χ3v) is 2.86. The van der Waals surface area contributed by atoms with Gasteiger partial charge in [-0.05, 0) is 12.1 Å². The van der Waals surface area contributed by atoms with Crippen LogP contribution in [0.15, 0.2) is 24.3 Å². The van der Waals surface area contributed by atoms with Gasteiger partial charge in [0.05, 0.1) is 13.2 Å². The van der Waals surface area contributed by atoms with E-state index in [0.717, 1.165) is 24.3 Å². The molecule has 5 heteroatoms. The fourth-order valence-electron chi connectivity index (χ4n) is 1.71. The minimum Gasteiger partial charge on any atom is -0.389 e. The van der Waals surface area contributed by atoms with Crippen molar-refractivity contribution in [1.82, 2.24) is 0 Å². The number of ether oxygens (including phenoxy) is 2. The maximum Gasteiger partial charge on any atom is 0.106 e. The van der Waals surface area contributed by atoms with Crippen LogP contribution in [0.25, 0.3) is 0 Å². The summed E-state index contributed by atoms with van der Waals surface area (Å²) >= 11 is 5.08. The van der Waals surface area contributed by atoms with Crippen LogP contribution in [0.2, 0.25) is 0 Å². The number of para-hydroxylation sites is 1. The van der Waals surface area contributed by atoms with Crippen molar-refractivity contribution in [2.75, 3.05) is 45.4 Å². The molecular weight excluding hydrogens is 248 g/mol. The largest absolute Gasteiger partial charge is 0.389 e. The molecule has 0 saturated carbocycles. The Morgan fingerprint density at radius 1 is 1.17 bits per heavy atom. The molecule has 0 fully saturated rings. The van der Waals surface area contributed by atoms with Gasteiger partial charge in [0.25, 0.3) is 0 Å². The highest BCUT2D eigenvalue weighted by Gasteiger charge is 2.11. The third kappa shape index (κ3) is 4.25. The molecule has 0 aliphatic heterocycles. The summed E-state index contributed by atoms with van der Waals surface area (Å²) in [7, 11) is 3.38. The van der Waals surface area contributed by atoms with E-state index in [2.05, 4.69) is 4.90 Å². The Morgan fingerprint density at radius 2 is 1.72 bits per heavy atom. The number of rotatable bonds is 8. The van der Waals surface area contributed by atoms with E-state index in [1.165, 1.54) is 0 Å². The number of anilines is 1. The predicted octanol–water partition coefficient (Wildman–Crippen LogP) is 1.42. The number of nitrogens with two attached hydrogens (primary N) is 1. The maximum atomic E-state index is 5.75. The summed E-state index contributed by atoms with van der Waals surface area (Å²) in [6, 6.07) is 7.86. The van der Waals surface area contributed by atoms with Gasteiger partial charge < -0.3 is 20.1 Å². The summed E-state index contributed by atoms with van der Waals surface area (Å²) < 4.78 is 10.3. The van der Waals surface area contributed by atoms with Gasteiger partial charge in [0.15, 0.2) is 0 Å². The summed E-state index contributed by atoms with van der Waals surface area (Å²) in [5.41, 5.74) is 7.67. The summed E-state index contributed by atoms with van der Waals surface area (Å²) in [6.45, 7) is 2.85. The first kappa shape index (κ1) is 14.9. The second-order valence-electron chi connectivity index (χ2n) is 3.85. The molecule has 0 spiro atoms. The molecule has 0 bridgehead atoms. The quantitative estimate of drug-likeness (QED) is 0.723. The summed E-state index contributed by atoms with van der Waals surface area (Å²) in [4.78, 5) is 2.58. The Hall–Kier alpha value is -1.17. The zero-order valence-electron chi connectivity index (χ0n) is 10.9. The fraction of sp³-hybridized carbons (Fsp3) is 0.462. The molecule has 0 unspecified atom stereocenters. The number of hydrogen-bond donors (Lipinski definition) is 1. The van der Waals surface area contributed by atoms with Crippen molar-refractivity contribution in [3.05, 3.63) is 29.8 Å². The molecule has 100 valence electrons. The SMILES string of the molecule is COCCN(CCOC)c1ccccc1C(N)=S. The van der Waals surface area contributed by atoms with E-state index < -0.39 is 0 Å². The van der Waals surface area contributed by atoms with Crippen LogP contribution in [0.4, 0.5) is 5.69 Å². The van der Waals surface area contributed by atoms with Crippen molar-refractivity contribution in [2.24, 2.45) is 5.73 Å². The van der Waals surface area contributed by atoms with Crippen LogP contribution >= 0.6 is 12.2 Å². The van der Waals surface area contributed by atoms with Gasteiger partial charge in [-0.2, -0.15) is 0 Å². The van der Waals surface area contributed by atoms with E-state index in [1.807, 2.05) is 24.3 Å². The molecule has 4 nitrogen and oxygen atoms in total. The molecule has 1 rings (SSSR count). The van der Waals surface area contributed by atoms with Crippen LogP contribution in [0.1, 0.15) is 5.56 Å². The average Bonchev–Trinajstić information content (AvgIpc) is 2.39. The van der Waals surface area contributed by atoms with E-state index in [-0.39, 0.29) is 0 Å². The second-order valence-corrected chi connectivity index (χ2v) is 4.29. The minimum atomic E-state index is 0.408. The van der Waals surface area contributed by atoms with Gasteiger partial charge in [0.1, 0.15) is 4.99 Å². The van der Waals surface area contributed by atoms with E-state index in [1.54, 1.807) is 14.2 Å². The van der Waals surface area contributed by atoms with E-state index in [0.29, 0.717) is 18.2 Å². The average molecular weight is 268 g/mol. The predicted molar refractivity (Wildman–Crippen MR) is 78.3 cm³/mol. The molecule has 0 radical (unpaired) electrons. The molecule has 0 aliphatic carbocycles. The maximum absolute atomic E-state index is 5.75. The number of methoxy groups -OCH3 is 2. The molecule has 0 amide bonds. The van der Waals surface area contributed by atoms with Gasteiger partial charge in [-0.25, -0.2) is 0 Å². The van der Waals surface area contributed by atoms with Gasteiger partial charge in [0.2, 0.25) is 0 Å². The normalized spacial score (nSPS) is 10.3. The van der Waals surface area contributed by atoms with Crippen molar-refractivity contribution in [3.63, 3.8) is 0 Å². The lowest BCUT2D eigenvalue weighted by molar-refractivity contribution is 0.190. The van der Waals surface area contributed by atoms with Crippen LogP contribution < -0.4 is 10.6 Å². The molecule has 18 heavy (non-hydrogen) atoms. The zero-order chi connectivity index (χ0) is 13.4. The third-order valence-electron chi connectivity index (χ3n) is 2.64. The Balaban J connectivity index is 2.92. The first-order valence-corrected chi connectivity index (χ1v) is 6.23. The molecule has 2 N–H and O–H groups in total. The summed E-state index contributed by atoms with van der Waals surface area (Å²) in [6.07, 6.45) is 0. The number of nitrogens with zero attached hydrogens (tertiary/aromatic N) is 1. The Labute approximate surface area is 114 Å². The van der Waals surface area contributed by atoms with Crippen molar-refractivity contribution in [3.8, 4) is 0 Å². The number of thiocarbonyl (C=S) groups is 1. The lowest BCUT2D eigenvalue weighted by Crippen LogP contribution is -2.32. The van der Waals surface area contributed by atoms with E-state index in [4.69, 9.17) is 27.4 Å². The first-order valence-electron chi connectivity index (χ1n) is 5.82. The van der Waals surface area contributed by atoms with Crippen LogP contribution in [-0.4, -0.2) is 45.5 Å². The molecular formula is C13H20N2O2S. The smallest absolute Gasteiger partial charge is 0.106 e. The molecule has 0 aromatic heterocycles. The Kier molecular flexibility index (Phi) is 6.64. The Morgan fingerprint density at radius 3 is 2.22 bits per heavy atom. The fourth-order valence-corrected chi connectivity index (χ4v) is 1.89. The number of hydrogen-bond acceptors (Lipinski definition) is 4. The number of benzene rings is 1. The summed E-state index contributed by atoms with van der Waals surface area (Å²) in [5.74, 6) is 0. The molecule has 1 aromatic rings. The van der Waals surface area contributed by atoms with E-state index >= 15 is 0 Å². The monoisotopic (exact) mass is 268 g/mol. The van der Waals surface area contributed by atoms with Crippen molar-refractivity contribution in [1.29, 1.82) is 0 Å². The minimum absolute atomic E-state index is 0.408. The second kappa shape index (κ2) is 8.02. The highest BCUT2D eigenvalue weighted by Crippen LogP contribution is 2.20.